The van der Waals surface area contributed by atoms with Crippen LogP contribution in [0.3, 0.4) is 0 Å². The predicted octanol–water partition coefficient (Wildman–Crippen LogP) is 4.91. The van der Waals surface area contributed by atoms with Crippen molar-refractivity contribution in [2.24, 2.45) is 5.92 Å². The first-order valence-electron chi connectivity index (χ1n) is 8.01. The molecular weight excluding hydrogens is 294 g/mol. The Morgan fingerprint density at radius 1 is 1.30 bits per heavy atom. The number of carbonyl (C=O) groups excluding carboxylic acids is 1. The van der Waals surface area contributed by atoms with Gasteiger partial charge in [0.25, 0.3) is 5.69 Å². The molecule has 5 heteroatoms. The van der Waals surface area contributed by atoms with E-state index in [1.54, 1.807) is 0 Å². The first-order chi connectivity index (χ1) is 10.9. The lowest BCUT2D eigenvalue weighted by molar-refractivity contribution is -0.384. The normalized spacial score (nSPS) is 12.7. The smallest absolute Gasteiger partial charge is 0.338 e. The van der Waals surface area contributed by atoms with E-state index in [2.05, 4.69) is 26.8 Å². The Bertz CT molecular complexity index is 549. The van der Waals surface area contributed by atoms with Gasteiger partial charge in [-0.2, -0.15) is 0 Å². The number of nitro benzene ring substituents is 1. The van der Waals surface area contributed by atoms with Crippen LogP contribution in [-0.4, -0.2) is 17.5 Å². The molecule has 126 valence electrons. The molecule has 0 heterocycles. The van der Waals surface area contributed by atoms with Crippen LogP contribution in [-0.2, 0) is 4.74 Å². The maximum atomic E-state index is 11.8. The van der Waals surface area contributed by atoms with Gasteiger partial charge in [-0.05, 0) is 50.7 Å². The zero-order valence-corrected chi connectivity index (χ0v) is 14.1. The minimum atomic E-state index is -0.495. The average Bonchev–Trinajstić information content (AvgIpc) is 2.54. The molecule has 0 aliphatic heterocycles. The van der Waals surface area contributed by atoms with Crippen LogP contribution in [0.4, 0.5) is 5.69 Å². The summed E-state index contributed by atoms with van der Waals surface area (Å²) in [5.41, 5.74) is 1.71. The van der Waals surface area contributed by atoms with Crippen LogP contribution in [0.15, 0.2) is 35.9 Å². The Balaban J connectivity index is 2.31. The third-order valence-electron chi connectivity index (χ3n) is 3.87. The minimum Gasteiger partial charge on any atom is -0.462 e. The van der Waals surface area contributed by atoms with E-state index in [4.69, 9.17) is 4.74 Å². The minimum absolute atomic E-state index is 0.0365. The van der Waals surface area contributed by atoms with Gasteiger partial charge < -0.3 is 4.74 Å². The summed E-state index contributed by atoms with van der Waals surface area (Å²) in [6, 6.07) is 5.45. The highest BCUT2D eigenvalue weighted by atomic mass is 16.6. The molecule has 0 aromatic heterocycles. The summed E-state index contributed by atoms with van der Waals surface area (Å²) >= 11 is 0. The van der Waals surface area contributed by atoms with Gasteiger partial charge in [-0.3, -0.25) is 10.1 Å². The number of rotatable bonds is 9. The maximum Gasteiger partial charge on any atom is 0.338 e. The number of hydrogen-bond donors (Lipinski definition) is 0. The molecule has 0 bridgehead atoms. The molecule has 1 unspecified atom stereocenters. The molecule has 0 fully saturated rings. The van der Waals surface area contributed by atoms with Crippen LogP contribution in [0.2, 0.25) is 0 Å². The van der Waals surface area contributed by atoms with E-state index in [1.165, 1.54) is 29.8 Å². The summed E-state index contributed by atoms with van der Waals surface area (Å²) in [5.74, 6) is 0.0504. The van der Waals surface area contributed by atoms with Crippen molar-refractivity contribution in [1.29, 1.82) is 0 Å². The Hall–Kier alpha value is -2.17. The molecule has 0 aliphatic rings. The molecule has 1 atom stereocenters. The molecule has 1 aromatic rings. The fourth-order valence-corrected chi connectivity index (χ4v) is 2.06. The molecule has 0 N–H and O–H groups in total. The van der Waals surface area contributed by atoms with Gasteiger partial charge in [-0.1, -0.05) is 25.5 Å². The van der Waals surface area contributed by atoms with Gasteiger partial charge >= 0.3 is 5.97 Å². The van der Waals surface area contributed by atoms with E-state index in [0.29, 0.717) is 18.1 Å². The van der Waals surface area contributed by atoms with Gasteiger partial charge in [0.05, 0.1) is 17.1 Å². The van der Waals surface area contributed by atoms with Crippen LogP contribution < -0.4 is 0 Å². The second-order valence-electron chi connectivity index (χ2n) is 5.82. The fraction of sp³-hybridized carbons (Fsp3) is 0.500. The molecule has 0 amide bonds. The van der Waals surface area contributed by atoms with E-state index in [0.717, 1.165) is 25.7 Å². The number of hydrogen-bond acceptors (Lipinski definition) is 4. The molecule has 0 spiro atoms. The number of benzene rings is 1. The molecule has 1 rings (SSSR count). The van der Waals surface area contributed by atoms with Crippen LogP contribution in [0.1, 0.15) is 56.8 Å². The van der Waals surface area contributed by atoms with Crippen LogP contribution >= 0.6 is 0 Å². The Morgan fingerprint density at radius 3 is 2.52 bits per heavy atom. The van der Waals surface area contributed by atoms with Crippen molar-refractivity contribution in [3.05, 3.63) is 51.6 Å². The monoisotopic (exact) mass is 319 g/mol. The first kappa shape index (κ1) is 18.9. The average molecular weight is 319 g/mol. The molecule has 0 saturated carbocycles. The number of ether oxygens (including phenoxy) is 1. The summed E-state index contributed by atoms with van der Waals surface area (Å²) in [6.45, 7) is 6.80. The molecule has 0 saturated heterocycles. The predicted molar refractivity (Wildman–Crippen MR) is 90.4 cm³/mol. The van der Waals surface area contributed by atoms with Crippen molar-refractivity contribution in [2.75, 3.05) is 6.61 Å². The number of esters is 1. The van der Waals surface area contributed by atoms with Crippen molar-refractivity contribution in [1.82, 2.24) is 0 Å². The molecule has 0 aliphatic carbocycles. The molecule has 0 radical (unpaired) electrons. The van der Waals surface area contributed by atoms with Crippen LogP contribution in [0.25, 0.3) is 0 Å². The third kappa shape index (κ3) is 7.08. The van der Waals surface area contributed by atoms with E-state index in [9.17, 15) is 14.9 Å². The first-order valence-corrected chi connectivity index (χ1v) is 8.01. The fourth-order valence-electron chi connectivity index (χ4n) is 2.06. The van der Waals surface area contributed by atoms with Crippen molar-refractivity contribution >= 4 is 11.7 Å². The van der Waals surface area contributed by atoms with Gasteiger partial charge in [-0.15, -0.1) is 0 Å². The SMILES string of the molecule is CCC(C)=CCCC(C)CCOC(=O)c1ccc([N+](=O)[O-])cc1. The van der Waals surface area contributed by atoms with E-state index < -0.39 is 10.9 Å². The largest absolute Gasteiger partial charge is 0.462 e. The van der Waals surface area contributed by atoms with Gasteiger partial charge in [0, 0.05) is 12.1 Å². The number of allylic oxidation sites excluding steroid dienone is 2. The van der Waals surface area contributed by atoms with Gasteiger partial charge in [0.2, 0.25) is 0 Å². The van der Waals surface area contributed by atoms with Gasteiger partial charge in [-0.25, -0.2) is 4.79 Å². The zero-order valence-electron chi connectivity index (χ0n) is 14.1. The van der Waals surface area contributed by atoms with Crippen molar-refractivity contribution in [3.63, 3.8) is 0 Å². The summed E-state index contributed by atoms with van der Waals surface area (Å²) < 4.78 is 5.22. The number of nitro groups is 1. The highest BCUT2D eigenvalue weighted by molar-refractivity contribution is 5.89. The van der Waals surface area contributed by atoms with Crippen LogP contribution in [0, 0.1) is 16.0 Å². The van der Waals surface area contributed by atoms with Gasteiger partial charge in [0.1, 0.15) is 0 Å². The lowest BCUT2D eigenvalue weighted by Crippen LogP contribution is -2.09. The second kappa shape index (κ2) is 9.77. The highest BCUT2D eigenvalue weighted by Crippen LogP contribution is 2.15. The van der Waals surface area contributed by atoms with Crippen molar-refractivity contribution < 1.29 is 14.5 Å². The van der Waals surface area contributed by atoms with E-state index in [-0.39, 0.29) is 5.69 Å². The number of nitrogens with zero attached hydrogens (tertiary/aromatic N) is 1. The summed E-state index contributed by atoms with van der Waals surface area (Å²) in [4.78, 5) is 21.9. The third-order valence-corrected chi connectivity index (χ3v) is 3.87. The lowest BCUT2D eigenvalue weighted by Gasteiger charge is -2.10. The van der Waals surface area contributed by atoms with Gasteiger partial charge in [0.15, 0.2) is 0 Å². The highest BCUT2D eigenvalue weighted by Gasteiger charge is 2.11. The molecule has 5 nitrogen and oxygen atoms in total. The molecule has 23 heavy (non-hydrogen) atoms. The molecule has 1 aromatic carbocycles. The summed E-state index contributed by atoms with van der Waals surface area (Å²) in [7, 11) is 0. The van der Waals surface area contributed by atoms with Crippen molar-refractivity contribution in [3.8, 4) is 0 Å². The summed E-state index contributed by atoms with van der Waals surface area (Å²) in [6.07, 6.45) is 6.29. The lowest BCUT2D eigenvalue weighted by atomic mass is 10.0. The number of carbonyl (C=O) groups is 1. The van der Waals surface area contributed by atoms with Crippen molar-refractivity contribution in [2.45, 2.75) is 46.5 Å². The Morgan fingerprint density at radius 2 is 1.96 bits per heavy atom. The summed E-state index contributed by atoms with van der Waals surface area (Å²) in [5, 5.41) is 10.6. The van der Waals surface area contributed by atoms with E-state index >= 15 is 0 Å². The maximum absolute atomic E-state index is 11.8. The topological polar surface area (TPSA) is 69.4 Å². The van der Waals surface area contributed by atoms with E-state index in [1.807, 2.05) is 0 Å². The quantitative estimate of drug-likeness (QED) is 0.280. The second-order valence-corrected chi connectivity index (χ2v) is 5.82. The number of non-ortho nitro benzene ring substituents is 1. The standard InChI is InChI=1S/C18H25NO4/c1-4-14(2)6-5-7-15(3)12-13-23-18(20)16-8-10-17(11-9-16)19(21)22/h6,8-11,15H,4-5,7,12-13H2,1-3H3. The Kier molecular flexibility index (Phi) is 8.02. The Labute approximate surface area is 137 Å². The zero-order chi connectivity index (χ0) is 17.2. The molecular formula is C18H25NO4. The van der Waals surface area contributed by atoms with Crippen LogP contribution in [0.5, 0.6) is 0 Å².